The van der Waals surface area contributed by atoms with Crippen molar-refractivity contribution in [1.82, 2.24) is 9.55 Å². The smallest absolute Gasteiger partial charge is 0.255 e. The van der Waals surface area contributed by atoms with E-state index >= 15 is 0 Å². The molecule has 1 aliphatic heterocycles. The summed E-state index contributed by atoms with van der Waals surface area (Å²) in [5.74, 6) is 0.839. The van der Waals surface area contributed by atoms with Gasteiger partial charge in [0, 0.05) is 36.6 Å². The molecule has 1 aromatic carbocycles. The second kappa shape index (κ2) is 8.01. The van der Waals surface area contributed by atoms with Gasteiger partial charge in [-0.05, 0) is 19.1 Å². The van der Waals surface area contributed by atoms with Crippen molar-refractivity contribution in [3.05, 3.63) is 46.4 Å². The highest BCUT2D eigenvalue weighted by Gasteiger charge is 2.19. The van der Waals surface area contributed by atoms with E-state index in [9.17, 15) is 9.59 Å². The molecule has 1 N–H and O–H groups in total. The number of carbonyl (C=O) groups excluding carboxylic acids is 1. The summed E-state index contributed by atoms with van der Waals surface area (Å²) in [6.07, 6.45) is 0. The van der Waals surface area contributed by atoms with Gasteiger partial charge in [-0.15, -0.1) is 0 Å². The van der Waals surface area contributed by atoms with Crippen molar-refractivity contribution >= 4 is 17.5 Å². The Kier molecular flexibility index (Phi) is 5.52. The summed E-state index contributed by atoms with van der Waals surface area (Å²) in [5.41, 5.74) is 0.983. The fourth-order valence-electron chi connectivity index (χ4n) is 2.80. The molecule has 2 aromatic rings. The van der Waals surface area contributed by atoms with Crippen molar-refractivity contribution in [2.75, 3.05) is 43.6 Å². The summed E-state index contributed by atoms with van der Waals surface area (Å²) in [6, 6.07) is 8.49. The monoisotopic (exact) mass is 358 g/mol. The average Bonchev–Trinajstić information content (AvgIpc) is 2.64. The lowest BCUT2D eigenvalue weighted by Gasteiger charge is -2.29. The molecule has 1 saturated heterocycles. The maximum Gasteiger partial charge on any atom is 0.255 e. The maximum atomic E-state index is 12.5. The molecule has 0 spiro atoms. The van der Waals surface area contributed by atoms with Crippen LogP contribution in [0.1, 0.15) is 5.69 Å². The second-order valence-corrected chi connectivity index (χ2v) is 6.00. The highest BCUT2D eigenvalue weighted by molar-refractivity contribution is 5.90. The third kappa shape index (κ3) is 4.20. The van der Waals surface area contributed by atoms with E-state index < -0.39 is 0 Å². The number of aryl methyl sites for hydroxylation is 1. The molecule has 26 heavy (non-hydrogen) atoms. The van der Waals surface area contributed by atoms with E-state index in [2.05, 4.69) is 10.3 Å². The lowest BCUT2D eigenvalue weighted by atomic mass is 10.3. The van der Waals surface area contributed by atoms with Crippen LogP contribution in [0, 0.1) is 6.92 Å². The number of rotatable bonds is 5. The molecule has 1 aliphatic rings. The molecule has 0 atom stereocenters. The van der Waals surface area contributed by atoms with Crippen LogP contribution < -0.4 is 20.5 Å². The average molecular weight is 358 g/mol. The number of benzene rings is 1. The van der Waals surface area contributed by atoms with Gasteiger partial charge in [0.25, 0.3) is 5.56 Å². The van der Waals surface area contributed by atoms with Gasteiger partial charge in [0.2, 0.25) is 11.9 Å². The molecule has 0 saturated carbocycles. The summed E-state index contributed by atoms with van der Waals surface area (Å²) in [6.45, 7) is 4.06. The standard InChI is InChI=1S/C18H22N4O4/c1-13-10-17(24)22(18(19-13)21-6-8-26-9-7-21)12-16(23)20-14-4-3-5-15(11-14)25-2/h3-5,10-11H,6-9,12H2,1-2H3,(H,20,23). The van der Waals surface area contributed by atoms with Gasteiger partial charge in [-0.3, -0.25) is 14.2 Å². The maximum absolute atomic E-state index is 12.5. The molecule has 138 valence electrons. The van der Waals surface area contributed by atoms with Crippen molar-refractivity contribution in [2.45, 2.75) is 13.5 Å². The summed E-state index contributed by atoms with van der Waals surface area (Å²) in [5, 5.41) is 2.79. The SMILES string of the molecule is COc1cccc(NC(=O)Cn2c(N3CCOCC3)nc(C)cc2=O)c1. The van der Waals surface area contributed by atoms with Gasteiger partial charge >= 0.3 is 0 Å². The highest BCUT2D eigenvalue weighted by atomic mass is 16.5. The van der Waals surface area contributed by atoms with Gasteiger partial charge in [-0.25, -0.2) is 4.98 Å². The largest absolute Gasteiger partial charge is 0.497 e. The zero-order valence-corrected chi connectivity index (χ0v) is 14.9. The highest BCUT2D eigenvalue weighted by Crippen LogP contribution is 2.17. The number of hydrogen-bond acceptors (Lipinski definition) is 6. The predicted octanol–water partition coefficient (Wildman–Crippen LogP) is 1.04. The van der Waals surface area contributed by atoms with E-state index in [4.69, 9.17) is 9.47 Å². The fraction of sp³-hybridized carbons (Fsp3) is 0.389. The van der Waals surface area contributed by atoms with Crippen LogP contribution in [0.5, 0.6) is 5.75 Å². The Morgan fingerprint density at radius 3 is 2.81 bits per heavy atom. The van der Waals surface area contributed by atoms with Crippen LogP contribution in [0.2, 0.25) is 0 Å². The number of anilines is 2. The first-order valence-corrected chi connectivity index (χ1v) is 8.42. The van der Waals surface area contributed by atoms with Gasteiger partial charge in [-0.1, -0.05) is 6.07 Å². The number of carbonyl (C=O) groups is 1. The van der Waals surface area contributed by atoms with E-state index in [1.54, 1.807) is 38.3 Å². The molecule has 0 aliphatic carbocycles. The van der Waals surface area contributed by atoms with Crippen LogP contribution in [0.25, 0.3) is 0 Å². The Morgan fingerprint density at radius 1 is 1.31 bits per heavy atom. The van der Waals surface area contributed by atoms with E-state index in [1.807, 2.05) is 4.90 Å². The third-order valence-corrected chi connectivity index (χ3v) is 4.07. The van der Waals surface area contributed by atoms with Gasteiger partial charge < -0.3 is 19.7 Å². The topological polar surface area (TPSA) is 85.7 Å². The zero-order valence-electron chi connectivity index (χ0n) is 14.9. The minimum absolute atomic E-state index is 0.115. The van der Waals surface area contributed by atoms with Crippen molar-refractivity contribution in [3.8, 4) is 5.75 Å². The van der Waals surface area contributed by atoms with Crippen LogP contribution in [-0.4, -0.2) is 48.9 Å². The molecule has 3 rings (SSSR count). The summed E-state index contributed by atoms with van der Waals surface area (Å²) < 4.78 is 11.9. The Hall–Kier alpha value is -2.87. The number of morpholine rings is 1. The fourth-order valence-corrected chi connectivity index (χ4v) is 2.80. The van der Waals surface area contributed by atoms with E-state index in [0.29, 0.717) is 49.4 Å². The molecule has 8 nitrogen and oxygen atoms in total. The van der Waals surface area contributed by atoms with Gasteiger partial charge in [-0.2, -0.15) is 0 Å². The predicted molar refractivity (Wildman–Crippen MR) is 97.9 cm³/mol. The van der Waals surface area contributed by atoms with Crippen LogP contribution in [0.3, 0.4) is 0 Å². The van der Waals surface area contributed by atoms with Crippen molar-refractivity contribution < 1.29 is 14.3 Å². The number of ether oxygens (including phenoxy) is 2. The lowest BCUT2D eigenvalue weighted by Crippen LogP contribution is -2.41. The molecule has 8 heteroatoms. The molecule has 1 aromatic heterocycles. The number of amides is 1. The quantitative estimate of drug-likeness (QED) is 0.859. The molecule has 1 amide bonds. The number of nitrogens with one attached hydrogen (secondary N) is 1. The first-order valence-electron chi connectivity index (χ1n) is 8.42. The normalized spacial score (nSPS) is 14.2. The van der Waals surface area contributed by atoms with Gasteiger partial charge in [0.15, 0.2) is 0 Å². The van der Waals surface area contributed by atoms with Crippen molar-refractivity contribution in [1.29, 1.82) is 0 Å². The molecule has 0 unspecified atom stereocenters. The van der Waals surface area contributed by atoms with E-state index in [0.717, 1.165) is 0 Å². The minimum atomic E-state index is -0.305. The van der Waals surface area contributed by atoms with Crippen molar-refractivity contribution in [2.24, 2.45) is 0 Å². The molecule has 0 radical (unpaired) electrons. The Bertz CT molecular complexity index is 843. The Balaban J connectivity index is 1.81. The number of nitrogens with zero attached hydrogens (tertiary/aromatic N) is 3. The molecular weight excluding hydrogens is 336 g/mol. The summed E-state index contributed by atoms with van der Waals surface area (Å²) >= 11 is 0. The van der Waals surface area contributed by atoms with Crippen LogP contribution in [-0.2, 0) is 16.1 Å². The zero-order chi connectivity index (χ0) is 18.5. The van der Waals surface area contributed by atoms with Crippen LogP contribution in [0.4, 0.5) is 11.6 Å². The van der Waals surface area contributed by atoms with E-state index in [-0.39, 0.29) is 18.0 Å². The summed E-state index contributed by atoms with van der Waals surface area (Å²) in [7, 11) is 1.56. The Labute approximate surface area is 151 Å². The van der Waals surface area contributed by atoms with Gasteiger partial charge in [0.1, 0.15) is 12.3 Å². The Morgan fingerprint density at radius 2 is 2.08 bits per heavy atom. The van der Waals surface area contributed by atoms with Crippen LogP contribution >= 0.6 is 0 Å². The molecular formula is C18H22N4O4. The van der Waals surface area contributed by atoms with E-state index in [1.165, 1.54) is 10.6 Å². The van der Waals surface area contributed by atoms with Crippen molar-refractivity contribution in [3.63, 3.8) is 0 Å². The third-order valence-electron chi connectivity index (χ3n) is 4.07. The lowest BCUT2D eigenvalue weighted by molar-refractivity contribution is -0.116. The first kappa shape index (κ1) is 17.9. The van der Waals surface area contributed by atoms with Gasteiger partial charge in [0.05, 0.1) is 20.3 Å². The first-order chi connectivity index (χ1) is 12.6. The molecule has 2 heterocycles. The number of methoxy groups -OCH3 is 1. The number of hydrogen-bond donors (Lipinski definition) is 1. The number of aromatic nitrogens is 2. The molecule has 1 fully saturated rings. The second-order valence-electron chi connectivity index (χ2n) is 6.00. The van der Waals surface area contributed by atoms with Crippen LogP contribution in [0.15, 0.2) is 35.1 Å². The summed E-state index contributed by atoms with van der Waals surface area (Å²) in [4.78, 5) is 31.4. The molecule has 0 bridgehead atoms. The minimum Gasteiger partial charge on any atom is -0.497 e.